The molecule has 0 spiro atoms. The van der Waals surface area contributed by atoms with Gasteiger partial charge in [0.05, 0.1) is 22.3 Å². The monoisotopic (exact) mass is 578 g/mol. The number of hydrogen-bond donors (Lipinski definition) is 1. The number of carbonyl (C=O) groups is 1. The van der Waals surface area contributed by atoms with Crippen molar-refractivity contribution in [1.82, 2.24) is 24.4 Å². The van der Waals surface area contributed by atoms with Crippen LogP contribution in [0.3, 0.4) is 0 Å². The Balaban J connectivity index is 1.85. The molecule has 4 heterocycles. The lowest BCUT2D eigenvalue weighted by Gasteiger charge is -2.40. The van der Waals surface area contributed by atoms with Crippen LogP contribution in [0.4, 0.5) is 19.0 Å². The van der Waals surface area contributed by atoms with Crippen molar-refractivity contribution < 1.29 is 23.1 Å². The van der Waals surface area contributed by atoms with Crippen LogP contribution in [-0.4, -0.2) is 61.1 Å². The van der Waals surface area contributed by atoms with E-state index in [-0.39, 0.29) is 41.3 Å². The van der Waals surface area contributed by atoms with Gasteiger partial charge in [0.1, 0.15) is 17.3 Å². The molecular formula is C30H29F3N6O3. The molecule has 4 aromatic rings. The number of aromatic nitrogens is 4. The molecule has 0 aliphatic carbocycles. The van der Waals surface area contributed by atoms with Crippen LogP contribution < -0.4 is 10.6 Å². The summed E-state index contributed by atoms with van der Waals surface area (Å²) in [5, 5.41) is 10.5. The largest absolute Gasteiger partial charge is 0.504 e. The Bertz CT molecular complexity index is 1810. The highest BCUT2D eigenvalue weighted by Crippen LogP contribution is 2.38. The number of rotatable bonds is 5. The van der Waals surface area contributed by atoms with Gasteiger partial charge in [-0.15, -0.1) is 0 Å². The third kappa shape index (κ3) is 4.76. The number of halogens is 3. The molecule has 218 valence electrons. The molecule has 1 amide bonds. The van der Waals surface area contributed by atoms with E-state index in [9.17, 15) is 23.5 Å². The third-order valence-electron chi connectivity index (χ3n) is 7.43. The Morgan fingerprint density at radius 1 is 1.12 bits per heavy atom. The van der Waals surface area contributed by atoms with Crippen molar-refractivity contribution in [2.45, 2.75) is 39.7 Å². The Morgan fingerprint density at radius 2 is 1.83 bits per heavy atom. The molecule has 1 aromatic carbocycles. The van der Waals surface area contributed by atoms with E-state index < -0.39 is 40.1 Å². The molecule has 1 fully saturated rings. The average molecular weight is 579 g/mol. The highest BCUT2D eigenvalue weighted by Gasteiger charge is 2.31. The van der Waals surface area contributed by atoms with Gasteiger partial charge in [-0.2, -0.15) is 4.98 Å². The van der Waals surface area contributed by atoms with Crippen molar-refractivity contribution in [3.63, 3.8) is 0 Å². The molecule has 1 unspecified atom stereocenters. The zero-order valence-corrected chi connectivity index (χ0v) is 23.5. The predicted molar refractivity (Wildman–Crippen MR) is 152 cm³/mol. The van der Waals surface area contributed by atoms with Crippen LogP contribution in [-0.2, 0) is 4.79 Å². The number of aromatic hydroxyl groups is 1. The molecule has 0 saturated carbocycles. The van der Waals surface area contributed by atoms with Gasteiger partial charge in [-0.05, 0) is 55.7 Å². The van der Waals surface area contributed by atoms with Crippen LogP contribution in [0.1, 0.15) is 37.9 Å². The maximum absolute atomic E-state index is 15.8. The molecule has 1 saturated heterocycles. The number of benzene rings is 1. The van der Waals surface area contributed by atoms with Gasteiger partial charge in [-0.3, -0.25) is 9.78 Å². The van der Waals surface area contributed by atoms with Crippen LogP contribution in [0.5, 0.6) is 5.75 Å². The van der Waals surface area contributed by atoms with Crippen LogP contribution in [0.25, 0.3) is 28.0 Å². The minimum absolute atomic E-state index is 0.0840. The third-order valence-corrected chi connectivity index (χ3v) is 7.43. The zero-order valence-electron chi connectivity index (χ0n) is 23.5. The molecule has 42 heavy (non-hydrogen) atoms. The second kappa shape index (κ2) is 10.9. The summed E-state index contributed by atoms with van der Waals surface area (Å²) in [6.07, 6.45) is 2.83. The summed E-state index contributed by atoms with van der Waals surface area (Å²) in [6.45, 7) is 11.8. The van der Waals surface area contributed by atoms with Crippen LogP contribution in [0.15, 0.2) is 47.9 Å². The van der Waals surface area contributed by atoms with E-state index >= 15 is 4.39 Å². The number of anilines is 1. The number of piperazine rings is 1. The second-order valence-electron chi connectivity index (χ2n) is 10.5. The number of hydrogen-bond acceptors (Lipinski definition) is 7. The van der Waals surface area contributed by atoms with Gasteiger partial charge in [0.25, 0.3) is 0 Å². The molecule has 0 bridgehead atoms. The van der Waals surface area contributed by atoms with E-state index in [1.54, 1.807) is 29.0 Å². The molecular weight excluding hydrogens is 549 g/mol. The summed E-state index contributed by atoms with van der Waals surface area (Å²) < 4.78 is 46.2. The Hall–Kier alpha value is -4.74. The van der Waals surface area contributed by atoms with Gasteiger partial charge in [0.15, 0.2) is 23.0 Å². The molecule has 3 aromatic heterocycles. The first-order chi connectivity index (χ1) is 19.9. The Labute approximate surface area is 239 Å². The minimum Gasteiger partial charge on any atom is -0.504 e. The summed E-state index contributed by atoms with van der Waals surface area (Å²) in [5.74, 6) is -4.68. The number of aryl methyl sites for hydroxylation is 1. The van der Waals surface area contributed by atoms with Gasteiger partial charge in [-0.1, -0.05) is 20.4 Å². The fourth-order valence-electron chi connectivity index (χ4n) is 5.35. The van der Waals surface area contributed by atoms with E-state index in [2.05, 4.69) is 21.5 Å². The molecule has 1 aliphatic rings. The van der Waals surface area contributed by atoms with Crippen molar-refractivity contribution in [1.29, 1.82) is 0 Å². The lowest BCUT2D eigenvalue weighted by atomic mass is 10.0. The molecule has 1 aliphatic heterocycles. The molecule has 12 heteroatoms. The number of phenols is 1. The van der Waals surface area contributed by atoms with E-state index in [0.29, 0.717) is 30.0 Å². The smallest absolute Gasteiger partial charge is 0.355 e. The van der Waals surface area contributed by atoms with Crippen LogP contribution in [0, 0.1) is 24.4 Å². The number of nitrogens with zero attached hydrogens (tertiary/aromatic N) is 6. The molecule has 9 nitrogen and oxygen atoms in total. The Kier molecular flexibility index (Phi) is 7.48. The normalized spacial score (nSPS) is 15.5. The minimum atomic E-state index is -1.16. The van der Waals surface area contributed by atoms with Crippen molar-refractivity contribution in [2.75, 3.05) is 24.5 Å². The van der Waals surface area contributed by atoms with E-state index in [1.165, 1.54) is 10.6 Å². The second-order valence-corrected chi connectivity index (χ2v) is 10.5. The summed E-state index contributed by atoms with van der Waals surface area (Å²) >= 11 is 0. The first-order valence-electron chi connectivity index (χ1n) is 13.4. The van der Waals surface area contributed by atoms with Crippen molar-refractivity contribution in [3.05, 3.63) is 82.3 Å². The van der Waals surface area contributed by atoms with Crippen molar-refractivity contribution >= 4 is 22.8 Å². The maximum atomic E-state index is 15.8. The van der Waals surface area contributed by atoms with Crippen molar-refractivity contribution in [2.24, 2.45) is 0 Å². The molecule has 1 N–H and O–H groups in total. The molecule has 0 radical (unpaired) electrons. The number of carbonyl (C=O) groups excluding carboxylic acids is 1. The Morgan fingerprint density at radius 3 is 2.50 bits per heavy atom. The first kappa shape index (κ1) is 28.8. The lowest BCUT2D eigenvalue weighted by Crippen LogP contribution is -2.54. The van der Waals surface area contributed by atoms with Crippen LogP contribution in [0.2, 0.25) is 0 Å². The highest BCUT2D eigenvalue weighted by atomic mass is 19.1. The van der Waals surface area contributed by atoms with Gasteiger partial charge in [0.2, 0.25) is 5.91 Å². The fourth-order valence-corrected chi connectivity index (χ4v) is 5.35. The highest BCUT2D eigenvalue weighted by molar-refractivity contribution is 5.91. The van der Waals surface area contributed by atoms with E-state index in [1.807, 2.05) is 20.8 Å². The first-order valence-corrected chi connectivity index (χ1v) is 13.4. The summed E-state index contributed by atoms with van der Waals surface area (Å²) in [5.41, 5.74) is -0.701. The summed E-state index contributed by atoms with van der Waals surface area (Å²) in [6, 6.07) is 3.90. The van der Waals surface area contributed by atoms with Crippen molar-refractivity contribution in [3.8, 4) is 22.7 Å². The molecule has 5 rings (SSSR count). The summed E-state index contributed by atoms with van der Waals surface area (Å²) in [4.78, 5) is 42.7. The predicted octanol–water partition coefficient (Wildman–Crippen LogP) is 4.62. The number of fused-ring (bicyclic) bond motifs is 1. The van der Waals surface area contributed by atoms with E-state index in [4.69, 9.17) is 0 Å². The van der Waals surface area contributed by atoms with Gasteiger partial charge in [0, 0.05) is 31.9 Å². The van der Waals surface area contributed by atoms with E-state index in [0.717, 1.165) is 18.2 Å². The number of amides is 1. The van der Waals surface area contributed by atoms with Crippen LogP contribution >= 0.6 is 0 Å². The topological polar surface area (TPSA) is 104 Å². The van der Waals surface area contributed by atoms with Gasteiger partial charge in [-0.25, -0.2) is 27.5 Å². The quantitative estimate of drug-likeness (QED) is 0.345. The standard InChI is InChI=1S/C30H29F3N6O3/c1-6-22(40)37-11-12-38(17(5)14-37)28-18-13-21(33)25(23-19(31)7-8-20(32)27(23)41)35-29(18)39(30(42)36-28)26-16(4)9-10-34-24(26)15(2)3/h6-10,13,15,17,41H,1,11-12,14H2,2-5H3. The van der Waals surface area contributed by atoms with Gasteiger partial charge >= 0.3 is 5.69 Å². The average Bonchev–Trinajstić information content (AvgIpc) is 2.95. The number of pyridine rings is 2. The molecule has 1 atom stereocenters. The van der Waals surface area contributed by atoms with Gasteiger partial charge < -0.3 is 14.9 Å². The SMILES string of the molecule is C=CC(=O)N1CCN(c2nc(=O)n(-c3c(C)ccnc3C(C)C)c3nc(-c4c(F)ccc(F)c4O)c(F)cc23)C(C)C1. The fraction of sp³-hybridized carbons (Fsp3) is 0.300. The number of phenolic OH excluding ortho intramolecular Hbond substituents is 1. The maximum Gasteiger partial charge on any atom is 0.355 e. The lowest BCUT2D eigenvalue weighted by molar-refractivity contribution is -0.126. The zero-order chi connectivity index (χ0) is 30.5. The summed E-state index contributed by atoms with van der Waals surface area (Å²) in [7, 11) is 0.